The first-order valence-electron chi connectivity index (χ1n) is 13.6. The molecular formula is C22H57O3Si7. The van der Waals surface area contributed by atoms with Crippen LogP contribution >= 0.6 is 0 Å². The smallest absolute Gasteiger partial charge is 0.426 e. The van der Waals surface area contributed by atoms with Crippen molar-refractivity contribution < 1.29 is 12.3 Å². The van der Waals surface area contributed by atoms with Crippen LogP contribution in [0.15, 0.2) is 0 Å². The van der Waals surface area contributed by atoms with Crippen molar-refractivity contribution in [2.75, 3.05) is 0 Å². The molecule has 1 aliphatic heterocycles. The predicted octanol–water partition coefficient (Wildman–Crippen LogP) is 4.86. The van der Waals surface area contributed by atoms with E-state index in [2.05, 4.69) is 81.2 Å². The molecule has 0 amide bonds. The van der Waals surface area contributed by atoms with Crippen LogP contribution in [0.4, 0.5) is 0 Å². The summed E-state index contributed by atoms with van der Waals surface area (Å²) in [6, 6.07) is 1.14. The predicted molar refractivity (Wildman–Crippen MR) is 163 cm³/mol. The first-order chi connectivity index (χ1) is 14.6. The van der Waals surface area contributed by atoms with Gasteiger partial charge in [-0.1, -0.05) is 67.7 Å². The molecule has 3 nitrogen and oxygen atoms in total. The molecule has 1 heterocycles. The maximum absolute atomic E-state index is 7.50. The van der Waals surface area contributed by atoms with E-state index in [0.717, 1.165) is 6.04 Å². The van der Waals surface area contributed by atoms with Gasteiger partial charge in [0.05, 0.1) is 0 Å². The van der Waals surface area contributed by atoms with E-state index in [0.29, 0.717) is 8.55 Å². The topological polar surface area (TPSA) is 27.7 Å². The van der Waals surface area contributed by atoms with Gasteiger partial charge in [0.1, 0.15) is 8.08 Å². The van der Waals surface area contributed by atoms with Gasteiger partial charge in [-0.15, -0.1) is 0 Å². The lowest BCUT2D eigenvalue weighted by Crippen LogP contribution is -2.71. The van der Waals surface area contributed by atoms with Crippen molar-refractivity contribution >= 4 is 59.2 Å². The standard InChI is InChI=1S/C22H57O3Si7/c1-13-17-20(18-14-2)22(7,19-15-3)21(5,6)32(24-30(8,9)10,23-29-27-26-28-29)25-31(11,12)16-4/h29H,13-19,26-28H2,1-12H3. The Hall–Kier alpha value is 1.40. The van der Waals surface area contributed by atoms with Crippen LogP contribution in [0.3, 0.4) is 0 Å². The first-order valence-corrected chi connectivity index (χ1v) is 36.8. The lowest BCUT2D eigenvalue weighted by molar-refractivity contribution is 0.118. The first kappa shape index (κ1) is 31.4. The van der Waals surface area contributed by atoms with Crippen molar-refractivity contribution in [2.24, 2.45) is 5.41 Å². The van der Waals surface area contributed by atoms with Gasteiger partial charge in [-0.25, -0.2) is 0 Å². The molecule has 1 rings (SSSR count). The summed E-state index contributed by atoms with van der Waals surface area (Å²) in [7, 11) is -6.68. The van der Waals surface area contributed by atoms with Crippen molar-refractivity contribution in [2.45, 2.75) is 131 Å². The summed E-state index contributed by atoms with van der Waals surface area (Å²) in [6.07, 6.45) is 7.35. The van der Waals surface area contributed by atoms with Crippen molar-refractivity contribution in [3.63, 3.8) is 0 Å². The van der Waals surface area contributed by atoms with Gasteiger partial charge in [0, 0.05) is 22.1 Å². The Balaban J connectivity index is 3.73. The number of hydrogen-bond acceptors (Lipinski definition) is 3. The summed E-state index contributed by atoms with van der Waals surface area (Å²) in [5.41, 5.74) is 0.108. The largest absolute Gasteiger partial charge is 0.475 e. The second-order valence-electron chi connectivity index (χ2n) is 12.5. The Kier molecular flexibility index (Phi) is 12.4. The van der Waals surface area contributed by atoms with Gasteiger partial charge in [0.25, 0.3) is 0 Å². The minimum Gasteiger partial charge on any atom is -0.426 e. The summed E-state index contributed by atoms with van der Waals surface area (Å²) in [5.74, 6) is 1.76. The normalized spacial score (nSPS) is 24.1. The van der Waals surface area contributed by atoms with Crippen LogP contribution in [0.2, 0.25) is 43.8 Å². The fraction of sp³-hybridized carbons (Fsp3) is 0.955. The van der Waals surface area contributed by atoms with Crippen molar-refractivity contribution in [3.8, 4) is 0 Å². The van der Waals surface area contributed by atoms with Gasteiger partial charge in [-0.2, -0.15) is 0 Å². The van der Waals surface area contributed by atoms with E-state index < -0.39 is 33.5 Å². The summed E-state index contributed by atoms with van der Waals surface area (Å²) in [5, 5.41) is -0.0810. The molecule has 191 valence electrons. The average molecular weight is 566 g/mol. The minimum atomic E-state index is -2.89. The summed E-state index contributed by atoms with van der Waals surface area (Å²) >= 11 is 0. The lowest BCUT2D eigenvalue weighted by atomic mass is 9.63. The molecule has 0 aromatic carbocycles. The Morgan fingerprint density at radius 1 is 0.812 bits per heavy atom. The van der Waals surface area contributed by atoms with E-state index >= 15 is 0 Å². The maximum atomic E-state index is 7.50. The van der Waals surface area contributed by atoms with Crippen LogP contribution in [0.5, 0.6) is 0 Å². The van der Waals surface area contributed by atoms with Crippen molar-refractivity contribution in [3.05, 3.63) is 5.92 Å². The zero-order valence-corrected chi connectivity index (χ0v) is 32.3. The molecule has 0 aromatic heterocycles. The Labute approximate surface area is 212 Å². The van der Waals surface area contributed by atoms with Gasteiger partial charge >= 0.3 is 8.80 Å². The molecule has 10 heteroatoms. The Morgan fingerprint density at radius 3 is 1.69 bits per heavy atom. The van der Waals surface area contributed by atoms with Crippen molar-refractivity contribution in [1.82, 2.24) is 0 Å². The highest BCUT2D eigenvalue weighted by atomic mass is 30.1. The van der Waals surface area contributed by atoms with Crippen LogP contribution < -0.4 is 0 Å². The highest BCUT2D eigenvalue weighted by Gasteiger charge is 2.67. The second kappa shape index (κ2) is 12.6. The van der Waals surface area contributed by atoms with Gasteiger partial charge < -0.3 is 12.3 Å². The average Bonchev–Trinajstić information content (AvgIpc) is 2.62. The van der Waals surface area contributed by atoms with E-state index in [9.17, 15) is 0 Å². The fourth-order valence-electron chi connectivity index (χ4n) is 5.07. The molecule has 0 bridgehead atoms. The molecule has 1 radical (unpaired) electrons. The van der Waals surface area contributed by atoms with Crippen LogP contribution in [0.25, 0.3) is 0 Å². The Morgan fingerprint density at radius 2 is 1.34 bits per heavy atom. The Bertz CT molecular complexity index is 560. The third-order valence-electron chi connectivity index (χ3n) is 7.86. The summed E-state index contributed by atoms with van der Waals surface area (Å²) < 4.78 is 22.4. The van der Waals surface area contributed by atoms with Crippen LogP contribution in [-0.4, -0.2) is 59.2 Å². The van der Waals surface area contributed by atoms with Crippen LogP contribution in [0, 0.1) is 11.3 Å². The molecule has 1 saturated heterocycles. The summed E-state index contributed by atoms with van der Waals surface area (Å²) in [4.78, 5) is 0. The third kappa shape index (κ3) is 7.70. The summed E-state index contributed by atoms with van der Waals surface area (Å²) in [6.45, 7) is 28.9. The molecule has 32 heavy (non-hydrogen) atoms. The molecule has 1 aliphatic rings. The monoisotopic (exact) mass is 565 g/mol. The lowest BCUT2D eigenvalue weighted by Gasteiger charge is -2.59. The SMILES string of the molecule is CCC[C](CCC)C(C)(CCC)C(C)(C)[Si](O[SiH]1[SiH2][SiH2][SiH2]1)(O[Si](C)(C)C)O[Si](C)(C)CC. The molecule has 2 atom stereocenters. The highest BCUT2D eigenvalue weighted by molar-refractivity contribution is 7.80. The van der Waals surface area contributed by atoms with Crippen LogP contribution in [0.1, 0.15) is 87.0 Å². The van der Waals surface area contributed by atoms with E-state index in [4.69, 9.17) is 12.3 Å². The van der Waals surface area contributed by atoms with E-state index in [1.807, 2.05) is 0 Å². The van der Waals surface area contributed by atoms with Crippen LogP contribution in [-0.2, 0) is 12.3 Å². The number of hydrogen-bond donors (Lipinski definition) is 0. The zero-order chi connectivity index (χ0) is 24.8. The van der Waals surface area contributed by atoms with Crippen molar-refractivity contribution in [1.29, 1.82) is 0 Å². The van der Waals surface area contributed by atoms with E-state index in [1.54, 1.807) is 5.92 Å². The molecule has 0 spiro atoms. The quantitative estimate of drug-likeness (QED) is 0.250. The molecule has 1 fully saturated rings. The molecular weight excluding hydrogens is 509 g/mol. The molecule has 0 aromatic rings. The molecule has 2 unspecified atom stereocenters. The van der Waals surface area contributed by atoms with E-state index in [1.165, 1.54) is 38.5 Å². The van der Waals surface area contributed by atoms with Gasteiger partial charge in [-0.3, -0.25) is 0 Å². The van der Waals surface area contributed by atoms with Gasteiger partial charge in [0.2, 0.25) is 0 Å². The molecule has 0 N–H and O–H groups in total. The molecule has 0 aliphatic carbocycles. The van der Waals surface area contributed by atoms with E-state index in [-0.39, 0.29) is 27.6 Å². The highest BCUT2D eigenvalue weighted by Crippen LogP contribution is 2.63. The minimum absolute atomic E-state index is 0.0810. The molecule has 0 saturated carbocycles. The zero-order valence-electron chi connectivity index (χ0n) is 23.9. The van der Waals surface area contributed by atoms with Gasteiger partial charge in [0.15, 0.2) is 16.6 Å². The number of rotatable bonds is 16. The second-order valence-corrected chi connectivity index (χ2v) is 60.2. The third-order valence-corrected chi connectivity index (χ3v) is 95.5. The van der Waals surface area contributed by atoms with Gasteiger partial charge in [-0.05, 0) is 77.9 Å². The maximum Gasteiger partial charge on any atom is 0.475 e. The fourth-order valence-corrected chi connectivity index (χ4v) is 62.6.